The van der Waals surface area contributed by atoms with Gasteiger partial charge in [0, 0.05) is 24.2 Å². The van der Waals surface area contributed by atoms with Crippen LogP contribution in [0.3, 0.4) is 0 Å². The van der Waals surface area contributed by atoms with Crippen molar-refractivity contribution < 1.29 is 4.79 Å². The molecule has 0 radical (unpaired) electrons. The Balaban J connectivity index is 1.66. The van der Waals surface area contributed by atoms with E-state index in [4.69, 9.17) is 11.6 Å². The van der Waals surface area contributed by atoms with Gasteiger partial charge in [-0.2, -0.15) is 0 Å². The van der Waals surface area contributed by atoms with Crippen LogP contribution in [0.15, 0.2) is 84.9 Å². The average molecular weight is 447 g/mol. The monoisotopic (exact) mass is 446 g/mol. The molecule has 3 nitrogen and oxygen atoms in total. The third-order valence-corrected chi connectivity index (χ3v) is 6.46. The van der Waals surface area contributed by atoms with E-state index in [2.05, 4.69) is 58.7 Å². The summed E-state index contributed by atoms with van der Waals surface area (Å²) in [6, 6.07) is 28.3. The molecular weight excluding hydrogens is 416 g/mol. The maximum absolute atomic E-state index is 13.7. The minimum atomic E-state index is -0.394. The first-order valence-corrected chi connectivity index (χ1v) is 11.9. The Morgan fingerprint density at radius 3 is 1.88 bits per heavy atom. The lowest BCUT2D eigenvalue weighted by Gasteiger charge is -2.33. The maximum Gasteiger partial charge on any atom is 0.242 e. The molecule has 0 heterocycles. The van der Waals surface area contributed by atoms with E-state index in [1.54, 1.807) is 0 Å². The fourth-order valence-corrected chi connectivity index (χ4v) is 4.70. The molecule has 166 valence electrons. The molecule has 1 N–H and O–H groups in total. The second kappa shape index (κ2) is 11.3. The van der Waals surface area contributed by atoms with Crippen molar-refractivity contribution in [2.24, 2.45) is 0 Å². The summed E-state index contributed by atoms with van der Waals surface area (Å²) in [6.45, 7) is 1.36. The Hall–Kier alpha value is -2.62. The van der Waals surface area contributed by atoms with Gasteiger partial charge < -0.3 is 5.32 Å². The summed E-state index contributed by atoms with van der Waals surface area (Å²) in [7, 11) is 0. The largest absolute Gasteiger partial charge is 0.352 e. The molecule has 3 aromatic rings. The lowest BCUT2D eigenvalue weighted by atomic mass is 9.94. The minimum absolute atomic E-state index is 0.0751. The first-order valence-electron chi connectivity index (χ1n) is 11.6. The zero-order valence-electron chi connectivity index (χ0n) is 18.4. The van der Waals surface area contributed by atoms with Gasteiger partial charge in [-0.3, -0.25) is 9.69 Å². The van der Waals surface area contributed by atoms with Crippen LogP contribution in [0.1, 0.15) is 54.8 Å². The number of carbonyl (C=O) groups excluding carboxylic acids is 1. The SMILES string of the molecule is O=C(NC1CCCCC1)[C@H](c1ccc(Cl)cc1)N(Cc1ccccc1)Cc1ccccc1. The lowest BCUT2D eigenvalue weighted by molar-refractivity contribution is -0.128. The van der Waals surface area contributed by atoms with Crippen molar-refractivity contribution >= 4 is 17.5 Å². The quantitative estimate of drug-likeness (QED) is 0.426. The van der Waals surface area contributed by atoms with Crippen LogP contribution in [-0.4, -0.2) is 16.8 Å². The van der Waals surface area contributed by atoms with E-state index in [0.717, 1.165) is 18.4 Å². The van der Waals surface area contributed by atoms with Crippen LogP contribution < -0.4 is 5.32 Å². The van der Waals surface area contributed by atoms with E-state index in [1.165, 1.54) is 30.4 Å². The van der Waals surface area contributed by atoms with Crippen LogP contribution in [0.25, 0.3) is 0 Å². The average Bonchev–Trinajstić information content (AvgIpc) is 2.82. The third kappa shape index (κ3) is 6.21. The first kappa shape index (κ1) is 22.6. The Bertz CT molecular complexity index is 928. The van der Waals surface area contributed by atoms with E-state index < -0.39 is 6.04 Å². The van der Waals surface area contributed by atoms with Crippen LogP contribution in [0, 0.1) is 0 Å². The summed E-state index contributed by atoms with van der Waals surface area (Å²) in [5.74, 6) is 0.0751. The highest BCUT2D eigenvalue weighted by molar-refractivity contribution is 6.30. The summed E-state index contributed by atoms with van der Waals surface area (Å²) < 4.78 is 0. The Morgan fingerprint density at radius 1 is 0.812 bits per heavy atom. The van der Waals surface area contributed by atoms with Gasteiger partial charge in [0.15, 0.2) is 0 Å². The smallest absolute Gasteiger partial charge is 0.242 e. The Kier molecular flexibility index (Phi) is 7.97. The molecular formula is C28H31ClN2O. The Morgan fingerprint density at radius 2 is 1.34 bits per heavy atom. The first-order chi connectivity index (χ1) is 15.7. The van der Waals surface area contributed by atoms with Gasteiger partial charge in [-0.05, 0) is 41.7 Å². The highest BCUT2D eigenvalue weighted by Gasteiger charge is 2.30. The predicted octanol–water partition coefficient (Wildman–Crippen LogP) is 6.53. The van der Waals surface area contributed by atoms with Gasteiger partial charge >= 0.3 is 0 Å². The number of halogens is 1. The van der Waals surface area contributed by atoms with Gasteiger partial charge in [-0.25, -0.2) is 0 Å². The second-order valence-electron chi connectivity index (χ2n) is 8.67. The molecule has 3 aromatic carbocycles. The van der Waals surface area contributed by atoms with Crippen molar-refractivity contribution in [3.8, 4) is 0 Å². The fraction of sp³-hybridized carbons (Fsp3) is 0.321. The maximum atomic E-state index is 13.7. The summed E-state index contributed by atoms with van der Waals surface area (Å²) in [5, 5.41) is 4.05. The number of amides is 1. The van der Waals surface area contributed by atoms with Gasteiger partial charge in [0.1, 0.15) is 6.04 Å². The summed E-state index contributed by atoms with van der Waals surface area (Å²) in [5.41, 5.74) is 3.34. The zero-order chi connectivity index (χ0) is 22.2. The van der Waals surface area contributed by atoms with Crippen molar-refractivity contribution in [1.29, 1.82) is 0 Å². The molecule has 1 fully saturated rings. The zero-order valence-corrected chi connectivity index (χ0v) is 19.2. The number of benzene rings is 3. The van der Waals surface area contributed by atoms with Crippen LogP contribution in [-0.2, 0) is 17.9 Å². The molecule has 0 bridgehead atoms. The molecule has 0 aliphatic heterocycles. The van der Waals surface area contributed by atoms with Gasteiger partial charge in [0.2, 0.25) is 5.91 Å². The molecule has 1 aliphatic carbocycles. The van der Waals surface area contributed by atoms with E-state index in [9.17, 15) is 4.79 Å². The predicted molar refractivity (Wildman–Crippen MR) is 131 cm³/mol. The van der Waals surface area contributed by atoms with E-state index in [-0.39, 0.29) is 11.9 Å². The Labute approximate surface area is 196 Å². The number of rotatable bonds is 8. The third-order valence-electron chi connectivity index (χ3n) is 6.21. The van der Waals surface area contributed by atoms with Gasteiger partial charge in [0.25, 0.3) is 0 Å². The number of nitrogens with one attached hydrogen (secondary N) is 1. The van der Waals surface area contributed by atoms with Crippen LogP contribution in [0.5, 0.6) is 0 Å². The minimum Gasteiger partial charge on any atom is -0.352 e. The van der Waals surface area contributed by atoms with E-state index in [0.29, 0.717) is 18.1 Å². The standard InChI is InChI=1S/C28H31ClN2O/c29-25-18-16-24(17-19-25)27(28(32)30-26-14-8-3-9-15-26)31(20-22-10-4-1-5-11-22)21-23-12-6-2-7-13-23/h1-2,4-7,10-13,16-19,26-27H,3,8-9,14-15,20-21H2,(H,30,32)/t27-/m0/s1. The molecule has 4 rings (SSSR count). The van der Waals surface area contributed by atoms with Crippen molar-refractivity contribution in [1.82, 2.24) is 10.2 Å². The van der Waals surface area contributed by atoms with Crippen molar-refractivity contribution in [2.75, 3.05) is 0 Å². The van der Waals surface area contributed by atoms with Gasteiger partial charge in [0.05, 0.1) is 0 Å². The van der Waals surface area contributed by atoms with Crippen molar-refractivity contribution in [2.45, 2.75) is 57.3 Å². The molecule has 1 aliphatic rings. The van der Waals surface area contributed by atoms with Crippen molar-refractivity contribution in [3.63, 3.8) is 0 Å². The van der Waals surface area contributed by atoms with Crippen LogP contribution in [0.2, 0.25) is 5.02 Å². The molecule has 32 heavy (non-hydrogen) atoms. The molecule has 0 spiro atoms. The summed E-state index contributed by atoms with van der Waals surface area (Å²) in [6.07, 6.45) is 5.77. The molecule has 0 aromatic heterocycles. The second-order valence-corrected chi connectivity index (χ2v) is 9.11. The van der Waals surface area contributed by atoms with Crippen molar-refractivity contribution in [3.05, 3.63) is 107 Å². The summed E-state index contributed by atoms with van der Waals surface area (Å²) in [4.78, 5) is 16.0. The number of carbonyl (C=O) groups is 1. The molecule has 4 heteroatoms. The topological polar surface area (TPSA) is 32.3 Å². The highest BCUT2D eigenvalue weighted by atomic mass is 35.5. The lowest BCUT2D eigenvalue weighted by Crippen LogP contribution is -2.44. The van der Waals surface area contributed by atoms with Gasteiger partial charge in [-0.1, -0.05) is 104 Å². The van der Waals surface area contributed by atoms with E-state index >= 15 is 0 Å². The normalized spacial score (nSPS) is 15.4. The molecule has 1 saturated carbocycles. The molecule has 0 unspecified atom stereocenters. The highest BCUT2D eigenvalue weighted by Crippen LogP contribution is 2.28. The summed E-state index contributed by atoms with van der Waals surface area (Å²) >= 11 is 6.18. The molecule has 0 saturated heterocycles. The van der Waals surface area contributed by atoms with E-state index in [1.807, 2.05) is 36.4 Å². The number of hydrogen-bond acceptors (Lipinski definition) is 2. The van der Waals surface area contributed by atoms with Crippen LogP contribution in [0.4, 0.5) is 0 Å². The van der Waals surface area contributed by atoms with Crippen LogP contribution >= 0.6 is 11.6 Å². The number of nitrogens with zero attached hydrogens (tertiary/aromatic N) is 1. The number of hydrogen-bond donors (Lipinski definition) is 1. The molecule has 1 atom stereocenters. The fourth-order valence-electron chi connectivity index (χ4n) is 4.57. The van der Waals surface area contributed by atoms with Gasteiger partial charge in [-0.15, -0.1) is 0 Å². The molecule has 1 amide bonds.